The topological polar surface area (TPSA) is 90.0 Å². The Morgan fingerprint density at radius 1 is 0.952 bits per heavy atom. The molecule has 0 saturated heterocycles. The van der Waals surface area contributed by atoms with E-state index >= 15 is 0 Å². The highest BCUT2D eigenvalue weighted by molar-refractivity contribution is 7.90. The molecule has 0 fully saturated rings. The molecule has 3 rings (SSSR count). The van der Waals surface area contributed by atoms with Crippen LogP contribution in [0.15, 0.2) is 72.8 Å². The van der Waals surface area contributed by atoms with Gasteiger partial charge in [-0.3, -0.25) is 9.59 Å². The molecule has 8 nitrogen and oxygen atoms in total. The molecule has 2 amide bonds. The molecule has 0 radical (unpaired) electrons. The molecule has 3 aromatic carbocycles. The molecule has 0 heterocycles. The lowest BCUT2D eigenvalue weighted by Crippen LogP contribution is -2.55. The maximum Gasteiger partial charge on any atom is 0.304 e. The van der Waals surface area contributed by atoms with Crippen molar-refractivity contribution in [3.05, 3.63) is 100 Å². The van der Waals surface area contributed by atoms with Crippen LogP contribution in [0.2, 0.25) is 5.02 Å². The van der Waals surface area contributed by atoms with Crippen molar-refractivity contribution < 1.29 is 18.0 Å². The quantitative estimate of drug-likeness (QED) is 0.290. The van der Waals surface area contributed by atoms with Gasteiger partial charge in [0.15, 0.2) is 0 Å². The molecule has 0 aliphatic rings. The van der Waals surface area contributed by atoms with Gasteiger partial charge in [0.05, 0.1) is 5.69 Å². The lowest BCUT2D eigenvalue weighted by Gasteiger charge is -2.35. The van der Waals surface area contributed by atoms with Gasteiger partial charge < -0.3 is 10.2 Å². The Balaban J connectivity index is 2.14. The third kappa shape index (κ3) is 8.33. The first kappa shape index (κ1) is 33.1. The fourth-order valence-corrected chi connectivity index (χ4v) is 5.80. The summed E-state index contributed by atoms with van der Waals surface area (Å²) in [5.41, 5.74) is 3.47. The number of hydrogen-bond acceptors (Lipinski definition) is 4. The van der Waals surface area contributed by atoms with Crippen molar-refractivity contribution in [3.8, 4) is 0 Å². The summed E-state index contributed by atoms with van der Waals surface area (Å²) in [5, 5.41) is 3.48. The van der Waals surface area contributed by atoms with Gasteiger partial charge in [0, 0.05) is 38.1 Å². The molecule has 226 valence electrons. The van der Waals surface area contributed by atoms with E-state index in [4.69, 9.17) is 11.6 Å². The van der Waals surface area contributed by atoms with Crippen LogP contribution >= 0.6 is 11.6 Å². The first-order valence-corrected chi connectivity index (χ1v) is 15.8. The predicted octanol–water partition coefficient (Wildman–Crippen LogP) is 5.12. The molecule has 0 unspecified atom stereocenters. The summed E-state index contributed by atoms with van der Waals surface area (Å²) in [5.74, 6) is -0.844. The fourth-order valence-electron chi connectivity index (χ4n) is 4.50. The number of nitrogens with one attached hydrogen (secondary N) is 1. The standard InChI is InChI=1S/C32H41ClN4O4S/c1-7-25(4)34-32(39)30(20-26-13-9-8-10-14-26)36(21-27-15-11-12-16-28(27)33)31(38)22-37(42(40,41)35(5)6)29-19-23(2)17-18-24(29)3/h8-19,25,30H,7,20-22H2,1-6H3,(H,34,39)/t25-,30+/m0/s1. The van der Waals surface area contributed by atoms with E-state index in [1.165, 1.54) is 19.0 Å². The molecule has 0 aliphatic carbocycles. The van der Waals surface area contributed by atoms with Gasteiger partial charge in [0.1, 0.15) is 12.6 Å². The normalized spacial score (nSPS) is 13.0. The Morgan fingerprint density at radius 2 is 1.60 bits per heavy atom. The van der Waals surface area contributed by atoms with Crippen LogP contribution in [0.3, 0.4) is 0 Å². The van der Waals surface area contributed by atoms with E-state index in [0.29, 0.717) is 28.3 Å². The van der Waals surface area contributed by atoms with Crippen LogP contribution < -0.4 is 9.62 Å². The summed E-state index contributed by atoms with van der Waals surface area (Å²) in [7, 11) is -1.22. The minimum absolute atomic E-state index is 0.0204. The number of benzene rings is 3. The molecule has 3 aromatic rings. The number of halogens is 1. The minimum atomic E-state index is -4.08. The van der Waals surface area contributed by atoms with E-state index < -0.39 is 28.7 Å². The predicted molar refractivity (Wildman–Crippen MR) is 170 cm³/mol. The maximum absolute atomic E-state index is 14.4. The average molecular weight is 613 g/mol. The Hall–Kier alpha value is -3.40. The number of anilines is 1. The maximum atomic E-state index is 14.4. The second kappa shape index (κ2) is 14.7. The van der Waals surface area contributed by atoms with Gasteiger partial charge in [-0.15, -0.1) is 0 Å². The SMILES string of the molecule is CC[C@H](C)NC(=O)[C@@H](Cc1ccccc1)N(Cc1ccccc1Cl)C(=O)CN(c1cc(C)ccc1C)S(=O)(=O)N(C)C. The third-order valence-electron chi connectivity index (χ3n) is 7.22. The number of rotatable bonds is 13. The largest absolute Gasteiger partial charge is 0.352 e. The number of hydrogen-bond donors (Lipinski definition) is 1. The Kier molecular flexibility index (Phi) is 11.6. The summed E-state index contributed by atoms with van der Waals surface area (Å²) in [6, 6.07) is 21.0. The molecule has 10 heteroatoms. The Labute approximate surface area is 255 Å². The van der Waals surface area contributed by atoms with Crippen molar-refractivity contribution >= 4 is 39.3 Å². The zero-order chi connectivity index (χ0) is 31.0. The Bertz CT molecular complexity index is 1480. The number of aryl methyl sites for hydroxylation is 2. The molecule has 1 N–H and O–H groups in total. The monoisotopic (exact) mass is 612 g/mol. The second-order valence-corrected chi connectivity index (χ2v) is 13.2. The molecule has 0 spiro atoms. The van der Waals surface area contributed by atoms with E-state index in [-0.39, 0.29) is 24.9 Å². The van der Waals surface area contributed by atoms with Gasteiger partial charge in [-0.25, -0.2) is 4.31 Å². The van der Waals surface area contributed by atoms with Gasteiger partial charge in [-0.1, -0.05) is 79.2 Å². The van der Waals surface area contributed by atoms with E-state index in [1.807, 2.05) is 69.3 Å². The summed E-state index contributed by atoms with van der Waals surface area (Å²) < 4.78 is 29.4. The van der Waals surface area contributed by atoms with Crippen LogP contribution in [0.5, 0.6) is 0 Å². The van der Waals surface area contributed by atoms with Gasteiger partial charge in [-0.05, 0) is 61.6 Å². The lowest BCUT2D eigenvalue weighted by atomic mass is 10.0. The zero-order valence-electron chi connectivity index (χ0n) is 25.2. The lowest BCUT2D eigenvalue weighted by molar-refractivity contribution is -0.140. The second-order valence-electron chi connectivity index (χ2n) is 10.7. The van der Waals surface area contributed by atoms with Crippen LogP contribution in [0.25, 0.3) is 0 Å². The van der Waals surface area contributed by atoms with Crippen molar-refractivity contribution in [1.82, 2.24) is 14.5 Å². The summed E-state index contributed by atoms with van der Waals surface area (Å²) >= 11 is 6.53. The molecular weight excluding hydrogens is 572 g/mol. The molecule has 0 bridgehead atoms. The van der Waals surface area contributed by atoms with Gasteiger partial charge in [0.25, 0.3) is 0 Å². The molecular formula is C32H41ClN4O4S. The van der Waals surface area contributed by atoms with Crippen LogP contribution in [0, 0.1) is 13.8 Å². The van der Waals surface area contributed by atoms with Gasteiger partial charge in [0.2, 0.25) is 11.8 Å². The fraction of sp³-hybridized carbons (Fsp3) is 0.375. The van der Waals surface area contributed by atoms with Crippen LogP contribution in [-0.2, 0) is 32.8 Å². The van der Waals surface area contributed by atoms with Gasteiger partial charge in [-0.2, -0.15) is 12.7 Å². The highest BCUT2D eigenvalue weighted by Crippen LogP contribution is 2.27. The third-order valence-corrected chi connectivity index (χ3v) is 9.40. The van der Waals surface area contributed by atoms with Crippen LogP contribution in [-0.4, -0.2) is 62.2 Å². The van der Waals surface area contributed by atoms with Crippen molar-refractivity contribution in [3.63, 3.8) is 0 Å². The van der Waals surface area contributed by atoms with E-state index in [2.05, 4.69) is 5.32 Å². The van der Waals surface area contributed by atoms with Gasteiger partial charge >= 0.3 is 10.2 Å². The number of carbonyl (C=O) groups is 2. The molecule has 42 heavy (non-hydrogen) atoms. The first-order chi connectivity index (χ1) is 19.8. The molecule has 0 saturated carbocycles. The average Bonchev–Trinajstić information content (AvgIpc) is 2.96. The summed E-state index contributed by atoms with van der Waals surface area (Å²) in [6.45, 7) is 7.06. The Morgan fingerprint density at radius 3 is 2.21 bits per heavy atom. The number of amides is 2. The number of carbonyl (C=O) groups excluding carboxylic acids is 2. The first-order valence-electron chi connectivity index (χ1n) is 14.0. The molecule has 0 aromatic heterocycles. The smallest absolute Gasteiger partial charge is 0.304 e. The number of nitrogens with zero attached hydrogens (tertiary/aromatic N) is 3. The highest BCUT2D eigenvalue weighted by Gasteiger charge is 2.35. The zero-order valence-corrected chi connectivity index (χ0v) is 26.7. The van der Waals surface area contributed by atoms with E-state index in [1.54, 1.807) is 31.2 Å². The van der Waals surface area contributed by atoms with Crippen molar-refractivity contribution in [2.75, 3.05) is 24.9 Å². The van der Waals surface area contributed by atoms with E-state index in [0.717, 1.165) is 19.7 Å². The van der Waals surface area contributed by atoms with Crippen molar-refractivity contribution in [2.24, 2.45) is 0 Å². The van der Waals surface area contributed by atoms with Crippen LogP contribution in [0.1, 0.15) is 42.5 Å². The summed E-state index contributed by atoms with van der Waals surface area (Å²) in [4.78, 5) is 29.7. The summed E-state index contributed by atoms with van der Waals surface area (Å²) in [6.07, 6.45) is 0.951. The van der Waals surface area contributed by atoms with Crippen molar-refractivity contribution in [1.29, 1.82) is 0 Å². The molecule has 0 aliphatic heterocycles. The highest BCUT2D eigenvalue weighted by atomic mass is 35.5. The van der Waals surface area contributed by atoms with Crippen molar-refractivity contribution in [2.45, 2.75) is 59.2 Å². The van der Waals surface area contributed by atoms with E-state index in [9.17, 15) is 18.0 Å². The minimum Gasteiger partial charge on any atom is -0.352 e. The molecule has 2 atom stereocenters. The van der Waals surface area contributed by atoms with Crippen LogP contribution in [0.4, 0.5) is 5.69 Å².